The number of fused-ring (bicyclic) bond motifs is 1. The van der Waals surface area contributed by atoms with Crippen molar-refractivity contribution in [1.82, 2.24) is 5.32 Å². The smallest absolute Gasteiger partial charge is 0.0543 e. The second-order valence-corrected chi connectivity index (χ2v) is 3.99. The van der Waals surface area contributed by atoms with Crippen LogP contribution in [0.5, 0.6) is 0 Å². The number of ether oxygens (including phenoxy) is 1. The van der Waals surface area contributed by atoms with Crippen molar-refractivity contribution < 1.29 is 4.74 Å². The van der Waals surface area contributed by atoms with Gasteiger partial charge >= 0.3 is 0 Å². The molecule has 1 aromatic carbocycles. The summed E-state index contributed by atoms with van der Waals surface area (Å²) in [5, 5.41) is 3.42. The lowest BCUT2D eigenvalue weighted by atomic mass is 9.90. The third kappa shape index (κ3) is 1.81. The molecule has 1 heterocycles. The second kappa shape index (κ2) is 4.11. The van der Waals surface area contributed by atoms with Gasteiger partial charge in [-0.3, -0.25) is 0 Å². The standard InChI is InChI=1S/C12H17NO/c1-9-3-4-12-10(5-9)6-13-7-11(12)8-14-2/h3-5,11,13H,6-8H2,1-2H3. The van der Waals surface area contributed by atoms with Crippen molar-refractivity contribution in [2.24, 2.45) is 0 Å². The van der Waals surface area contributed by atoms with E-state index in [9.17, 15) is 0 Å². The molecule has 1 atom stereocenters. The number of aryl methyl sites for hydroxylation is 1. The van der Waals surface area contributed by atoms with E-state index in [1.807, 2.05) is 0 Å². The molecule has 0 bridgehead atoms. The Kier molecular flexibility index (Phi) is 2.85. The van der Waals surface area contributed by atoms with Crippen molar-refractivity contribution in [3.63, 3.8) is 0 Å². The molecule has 1 aliphatic heterocycles. The van der Waals surface area contributed by atoms with Gasteiger partial charge in [-0.2, -0.15) is 0 Å². The van der Waals surface area contributed by atoms with E-state index >= 15 is 0 Å². The van der Waals surface area contributed by atoms with Gasteiger partial charge in [-0.15, -0.1) is 0 Å². The fraction of sp³-hybridized carbons (Fsp3) is 0.500. The highest BCUT2D eigenvalue weighted by Gasteiger charge is 2.19. The number of rotatable bonds is 2. The predicted molar refractivity (Wildman–Crippen MR) is 57.5 cm³/mol. The van der Waals surface area contributed by atoms with Gasteiger partial charge in [0.25, 0.3) is 0 Å². The molecule has 1 N–H and O–H groups in total. The minimum Gasteiger partial charge on any atom is -0.384 e. The molecule has 76 valence electrons. The molecule has 0 aliphatic carbocycles. The first-order valence-corrected chi connectivity index (χ1v) is 5.10. The summed E-state index contributed by atoms with van der Waals surface area (Å²) in [4.78, 5) is 0. The van der Waals surface area contributed by atoms with Gasteiger partial charge in [-0.1, -0.05) is 23.8 Å². The zero-order valence-electron chi connectivity index (χ0n) is 8.84. The highest BCUT2D eigenvalue weighted by atomic mass is 16.5. The summed E-state index contributed by atoms with van der Waals surface area (Å²) in [6.45, 7) is 4.98. The van der Waals surface area contributed by atoms with Gasteiger partial charge in [-0.25, -0.2) is 0 Å². The van der Waals surface area contributed by atoms with E-state index in [0.29, 0.717) is 5.92 Å². The van der Waals surface area contributed by atoms with Crippen molar-refractivity contribution in [3.8, 4) is 0 Å². The Balaban J connectivity index is 2.30. The van der Waals surface area contributed by atoms with Crippen LogP contribution in [0.3, 0.4) is 0 Å². The third-order valence-corrected chi connectivity index (χ3v) is 2.81. The maximum Gasteiger partial charge on any atom is 0.0543 e. The summed E-state index contributed by atoms with van der Waals surface area (Å²) >= 11 is 0. The van der Waals surface area contributed by atoms with Gasteiger partial charge < -0.3 is 10.1 Å². The Bertz CT molecular complexity index is 322. The number of hydrogen-bond acceptors (Lipinski definition) is 2. The van der Waals surface area contributed by atoms with Crippen LogP contribution in [0.1, 0.15) is 22.6 Å². The van der Waals surface area contributed by atoms with Gasteiger partial charge in [0.05, 0.1) is 6.61 Å². The van der Waals surface area contributed by atoms with Gasteiger partial charge in [-0.05, 0) is 18.1 Å². The molecule has 1 aromatic rings. The SMILES string of the molecule is COCC1CNCc2cc(C)ccc21. The van der Waals surface area contributed by atoms with Crippen LogP contribution in [-0.2, 0) is 11.3 Å². The van der Waals surface area contributed by atoms with Crippen molar-refractivity contribution in [3.05, 3.63) is 34.9 Å². The minimum atomic E-state index is 0.518. The molecular weight excluding hydrogens is 174 g/mol. The first-order valence-electron chi connectivity index (χ1n) is 5.10. The van der Waals surface area contributed by atoms with Crippen molar-refractivity contribution in [2.45, 2.75) is 19.4 Å². The van der Waals surface area contributed by atoms with Crippen LogP contribution in [0.15, 0.2) is 18.2 Å². The summed E-state index contributed by atoms with van der Waals surface area (Å²) in [6.07, 6.45) is 0. The summed E-state index contributed by atoms with van der Waals surface area (Å²) < 4.78 is 5.23. The minimum absolute atomic E-state index is 0.518. The Morgan fingerprint density at radius 2 is 2.36 bits per heavy atom. The van der Waals surface area contributed by atoms with Crippen LogP contribution in [0.4, 0.5) is 0 Å². The Hall–Kier alpha value is -0.860. The van der Waals surface area contributed by atoms with E-state index in [1.165, 1.54) is 16.7 Å². The quantitative estimate of drug-likeness (QED) is 0.770. The summed E-state index contributed by atoms with van der Waals surface area (Å²) in [7, 11) is 1.77. The highest BCUT2D eigenvalue weighted by Crippen LogP contribution is 2.24. The summed E-state index contributed by atoms with van der Waals surface area (Å²) in [5.74, 6) is 0.518. The molecule has 0 aromatic heterocycles. The molecule has 0 amide bonds. The summed E-state index contributed by atoms with van der Waals surface area (Å²) in [6, 6.07) is 6.70. The molecule has 2 heteroatoms. The van der Waals surface area contributed by atoms with E-state index in [1.54, 1.807) is 7.11 Å². The average molecular weight is 191 g/mol. The third-order valence-electron chi connectivity index (χ3n) is 2.81. The van der Waals surface area contributed by atoms with Gasteiger partial charge in [0.2, 0.25) is 0 Å². The average Bonchev–Trinajstić information content (AvgIpc) is 2.18. The maximum absolute atomic E-state index is 5.23. The predicted octanol–water partition coefficient (Wildman–Crippen LogP) is 1.83. The molecule has 0 fully saturated rings. The van der Waals surface area contributed by atoms with Crippen molar-refractivity contribution in [2.75, 3.05) is 20.3 Å². The number of hydrogen-bond donors (Lipinski definition) is 1. The Morgan fingerprint density at radius 1 is 1.50 bits per heavy atom. The van der Waals surface area contributed by atoms with Crippen LogP contribution in [0.2, 0.25) is 0 Å². The molecule has 14 heavy (non-hydrogen) atoms. The molecule has 1 aliphatic rings. The Labute approximate surface area is 85.3 Å². The molecule has 2 nitrogen and oxygen atoms in total. The van der Waals surface area contributed by atoms with Crippen LogP contribution in [0, 0.1) is 6.92 Å². The van der Waals surface area contributed by atoms with Crippen molar-refractivity contribution >= 4 is 0 Å². The van der Waals surface area contributed by atoms with Gasteiger partial charge in [0.1, 0.15) is 0 Å². The first-order chi connectivity index (χ1) is 6.81. The molecule has 0 saturated heterocycles. The fourth-order valence-electron chi connectivity index (χ4n) is 2.13. The van der Waals surface area contributed by atoms with Gasteiger partial charge in [0, 0.05) is 26.1 Å². The topological polar surface area (TPSA) is 21.3 Å². The highest BCUT2D eigenvalue weighted by molar-refractivity contribution is 5.36. The molecule has 0 radical (unpaired) electrons. The number of methoxy groups -OCH3 is 1. The van der Waals surface area contributed by atoms with Crippen LogP contribution in [-0.4, -0.2) is 20.3 Å². The zero-order chi connectivity index (χ0) is 9.97. The lowest BCUT2D eigenvalue weighted by molar-refractivity contribution is 0.175. The fourth-order valence-corrected chi connectivity index (χ4v) is 2.13. The Morgan fingerprint density at radius 3 is 3.14 bits per heavy atom. The number of benzene rings is 1. The lowest BCUT2D eigenvalue weighted by Gasteiger charge is -2.26. The van der Waals surface area contributed by atoms with Crippen LogP contribution >= 0.6 is 0 Å². The lowest BCUT2D eigenvalue weighted by Crippen LogP contribution is -2.30. The number of nitrogens with one attached hydrogen (secondary N) is 1. The van der Waals surface area contributed by atoms with E-state index in [0.717, 1.165) is 19.7 Å². The maximum atomic E-state index is 5.23. The van der Waals surface area contributed by atoms with E-state index in [2.05, 4.69) is 30.4 Å². The summed E-state index contributed by atoms with van der Waals surface area (Å²) in [5.41, 5.74) is 4.22. The molecular formula is C12H17NO. The van der Waals surface area contributed by atoms with Gasteiger partial charge in [0.15, 0.2) is 0 Å². The van der Waals surface area contributed by atoms with E-state index < -0.39 is 0 Å². The van der Waals surface area contributed by atoms with Crippen LogP contribution in [0.25, 0.3) is 0 Å². The van der Waals surface area contributed by atoms with E-state index in [4.69, 9.17) is 4.74 Å². The molecule has 0 saturated carbocycles. The van der Waals surface area contributed by atoms with Crippen LogP contribution < -0.4 is 5.32 Å². The normalized spacial score (nSPS) is 20.6. The second-order valence-electron chi connectivity index (χ2n) is 3.99. The van der Waals surface area contributed by atoms with Crippen molar-refractivity contribution in [1.29, 1.82) is 0 Å². The zero-order valence-corrected chi connectivity index (χ0v) is 8.84. The molecule has 1 unspecified atom stereocenters. The monoisotopic (exact) mass is 191 g/mol. The molecule has 0 spiro atoms. The molecule has 2 rings (SSSR count). The largest absolute Gasteiger partial charge is 0.384 e. The van der Waals surface area contributed by atoms with E-state index in [-0.39, 0.29) is 0 Å². The first kappa shape index (κ1) is 9.69.